The molecule has 6 heteroatoms. The number of halogens is 1. The zero-order valence-electron chi connectivity index (χ0n) is 9.78. The fourth-order valence-corrected chi connectivity index (χ4v) is 2.04. The maximum absolute atomic E-state index is 13.5. The molecular weight excluding hydrogens is 223 g/mol. The molecule has 2 atom stereocenters. The van der Waals surface area contributed by atoms with Crippen LogP contribution >= 0.6 is 0 Å². The zero-order valence-corrected chi connectivity index (χ0v) is 9.78. The van der Waals surface area contributed by atoms with E-state index >= 15 is 0 Å². The van der Waals surface area contributed by atoms with Crippen LogP contribution in [-0.4, -0.2) is 34.3 Å². The monoisotopic (exact) mass is 240 g/mol. The molecule has 0 aromatic carbocycles. The Labute approximate surface area is 99.5 Å². The van der Waals surface area contributed by atoms with Crippen molar-refractivity contribution in [1.82, 2.24) is 9.97 Å². The second kappa shape index (κ2) is 5.27. The predicted octanol–water partition coefficient (Wildman–Crippen LogP) is 1.37. The Kier molecular flexibility index (Phi) is 3.73. The zero-order chi connectivity index (χ0) is 12.3. The van der Waals surface area contributed by atoms with Gasteiger partial charge in [-0.3, -0.25) is 0 Å². The summed E-state index contributed by atoms with van der Waals surface area (Å²) in [5.41, 5.74) is 0. The number of aliphatic hydroxyl groups is 1. The van der Waals surface area contributed by atoms with Gasteiger partial charge in [0.05, 0.1) is 18.3 Å². The van der Waals surface area contributed by atoms with Gasteiger partial charge in [0.15, 0.2) is 11.6 Å². The van der Waals surface area contributed by atoms with Crippen LogP contribution in [0.25, 0.3) is 0 Å². The van der Waals surface area contributed by atoms with Gasteiger partial charge in [0.2, 0.25) is 5.95 Å². The summed E-state index contributed by atoms with van der Waals surface area (Å²) in [5, 5.41) is 15.5. The Hall–Kier alpha value is -1.43. The van der Waals surface area contributed by atoms with Crippen LogP contribution in [0.15, 0.2) is 6.20 Å². The van der Waals surface area contributed by atoms with Crippen LogP contribution in [0.1, 0.15) is 25.7 Å². The van der Waals surface area contributed by atoms with Gasteiger partial charge in [0.25, 0.3) is 0 Å². The fraction of sp³-hybridized carbons (Fsp3) is 0.636. The topological polar surface area (TPSA) is 70.1 Å². The van der Waals surface area contributed by atoms with Crippen LogP contribution in [0.4, 0.5) is 16.2 Å². The largest absolute Gasteiger partial charge is 0.391 e. The molecule has 3 N–H and O–H groups in total. The van der Waals surface area contributed by atoms with E-state index < -0.39 is 11.9 Å². The van der Waals surface area contributed by atoms with Crippen LogP contribution < -0.4 is 10.6 Å². The van der Waals surface area contributed by atoms with Crippen molar-refractivity contribution in [3.8, 4) is 0 Å². The second-order valence-corrected chi connectivity index (χ2v) is 4.24. The van der Waals surface area contributed by atoms with Crippen molar-refractivity contribution in [1.29, 1.82) is 0 Å². The molecule has 1 fully saturated rings. The van der Waals surface area contributed by atoms with E-state index in [1.165, 1.54) is 0 Å². The lowest BCUT2D eigenvalue weighted by molar-refractivity contribution is 0.116. The number of hydrogen-bond acceptors (Lipinski definition) is 5. The van der Waals surface area contributed by atoms with Gasteiger partial charge >= 0.3 is 0 Å². The van der Waals surface area contributed by atoms with E-state index in [-0.39, 0.29) is 11.9 Å². The van der Waals surface area contributed by atoms with Gasteiger partial charge in [-0.25, -0.2) is 9.37 Å². The van der Waals surface area contributed by atoms with Crippen molar-refractivity contribution in [3.63, 3.8) is 0 Å². The fourth-order valence-electron chi connectivity index (χ4n) is 2.04. The summed E-state index contributed by atoms with van der Waals surface area (Å²) in [6.45, 7) is 0. The summed E-state index contributed by atoms with van der Waals surface area (Å²) in [6, 6.07) is -0.127. The maximum atomic E-state index is 13.5. The van der Waals surface area contributed by atoms with E-state index in [1.807, 2.05) is 0 Å². The highest BCUT2D eigenvalue weighted by atomic mass is 19.1. The molecule has 1 aliphatic carbocycles. The van der Waals surface area contributed by atoms with Crippen LogP contribution in [0.5, 0.6) is 0 Å². The molecule has 94 valence electrons. The van der Waals surface area contributed by atoms with E-state index in [0.29, 0.717) is 5.95 Å². The minimum Gasteiger partial charge on any atom is -0.391 e. The first-order valence-electron chi connectivity index (χ1n) is 5.85. The molecule has 0 bridgehead atoms. The highest BCUT2D eigenvalue weighted by molar-refractivity contribution is 5.41. The SMILES string of the molecule is CNc1ncc(F)c(NC2CCCCC2O)n1. The average molecular weight is 240 g/mol. The third-order valence-electron chi connectivity index (χ3n) is 3.02. The third kappa shape index (κ3) is 2.82. The molecule has 0 amide bonds. The molecule has 1 saturated carbocycles. The molecule has 0 radical (unpaired) electrons. The van der Waals surface area contributed by atoms with Crippen LogP contribution in [0.2, 0.25) is 0 Å². The molecular formula is C11H17FN4O. The number of anilines is 2. The molecule has 0 aliphatic heterocycles. The van der Waals surface area contributed by atoms with E-state index in [1.54, 1.807) is 7.05 Å². The van der Waals surface area contributed by atoms with Crippen LogP contribution in [0, 0.1) is 5.82 Å². The summed E-state index contributed by atoms with van der Waals surface area (Å²) in [5.74, 6) is 0.0104. The molecule has 2 unspecified atom stereocenters. The Balaban J connectivity index is 2.11. The molecule has 17 heavy (non-hydrogen) atoms. The Morgan fingerprint density at radius 2 is 2.18 bits per heavy atom. The first kappa shape index (κ1) is 12.0. The molecule has 1 aliphatic rings. The van der Waals surface area contributed by atoms with Gasteiger partial charge in [0, 0.05) is 7.05 Å². The normalized spacial score (nSPS) is 24.4. The highest BCUT2D eigenvalue weighted by Crippen LogP contribution is 2.22. The van der Waals surface area contributed by atoms with Crippen molar-refractivity contribution in [2.24, 2.45) is 0 Å². The quantitative estimate of drug-likeness (QED) is 0.744. The number of hydrogen-bond donors (Lipinski definition) is 3. The number of nitrogens with one attached hydrogen (secondary N) is 2. The third-order valence-corrected chi connectivity index (χ3v) is 3.02. The van der Waals surface area contributed by atoms with Gasteiger partial charge < -0.3 is 15.7 Å². The van der Waals surface area contributed by atoms with Gasteiger partial charge in [-0.1, -0.05) is 12.8 Å². The van der Waals surface area contributed by atoms with Gasteiger partial charge in [0.1, 0.15) is 0 Å². The lowest BCUT2D eigenvalue weighted by Gasteiger charge is -2.28. The van der Waals surface area contributed by atoms with Gasteiger partial charge in [-0.2, -0.15) is 4.98 Å². The van der Waals surface area contributed by atoms with Crippen molar-refractivity contribution in [3.05, 3.63) is 12.0 Å². The van der Waals surface area contributed by atoms with E-state index in [4.69, 9.17) is 0 Å². The molecule has 2 rings (SSSR count). The Morgan fingerprint density at radius 3 is 2.88 bits per heavy atom. The van der Waals surface area contributed by atoms with Crippen molar-refractivity contribution >= 4 is 11.8 Å². The molecule has 1 aromatic heterocycles. The summed E-state index contributed by atoms with van der Waals surface area (Å²) in [7, 11) is 1.67. The summed E-state index contributed by atoms with van der Waals surface area (Å²) in [4.78, 5) is 7.77. The minimum absolute atomic E-state index is 0.127. The van der Waals surface area contributed by atoms with Crippen molar-refractivity contribution < 1.29 is 9.50 Å². The number of aliphatic hydroxyl groups excluding tert-OH is 1. The van der Waals surface area contributed by atoms with Crippen LogP contribution in [0.3, 0.4) is 0 Å². The first-order chi connectivity index (χ1) is 8.20. The van der Waals surface area contributed by atoms with E-state index in [0.717, 1.165) is 31.9 Å². The van der Waals surface area contributed by atoms with Gasteiger partial charge in [-0.15, -0.1) is 0 Å². The molecule has 5 nitrogen and oxygen atoms in total. The summed E-state index contributed by atoms with van der Waals surface area (Å²) in [6.07, 6.45) is 4.34. The first-order valence-corrected chi connectivity index (χ1v) is 5.85. The van der Waals surface area contributed by atoms with E-state index in [2.05, 4.69) is 20.6 Å². The van der Waals surface area contributed by atoms with Crippen LogP contribution in [-0.2, 0) is 0 Å². The van der Waals surface area contributed by atoms with E-state index in [9.17, 15) is 9.50 Å². The Morgan fingerprint density at radius 1 is 1.41 bits per heavy atom. The molecule has 1 heterocycles. The smallest absolute Gasteiger partial charge is 0.224 e. The summed E-state index contributed by atoms with van der Waals surface area (Å²) >= 11 is 0. The van der Waals surface area contributed by atoms with Gasteiger partial charge in [-0.05, 0) is 12.8 Å². The summed E-state index contributed by atoms with van der Waals surface area (Å²) < 4.78 is 13.5. The van der Waals surface area contributed by atoms with Crippen molar-refractivity contribution in [2.45, 2.75) is 37.8 Å². The lowest BCUT2D eigenvalue weighted by atomic mass is 9.92. The second-order valence-electron chi connectivity index (χ2n) is 4.24. The maximum Gasteiger partial charge on any atom is 0.224 e. The molecule has 1 aromatic rings. The number of rotatable bonds is 3. The number of nitrogens with zero attached hydrogens (tertiary/aromatic N) is 2. The molecule has 0 saturated heterocycles. The highest BCUT2D eigenvalue weighted by Gasteiger charge is 2.24. The van der Waals surface area contributed by atoms with Crippen molar-refractivity contribution in [2.75, 3.05) is 17.7 Å². The Bertz CT molecular complexity index is 388. The molecule has 0 spiro atoms. The predicted molar refractivity (Wildman–Crippen MR) is 63.4 cm³/mol. The standard InChI is InChI=1S/C11H17FN4O/c1-13-11-14-6-7(12)10(16-11)15-8-4-2-3-5-9(8)17/h6,8-9,17H,2-5H2,1H3,(H2,13,14,15,16). The lowest BCUT2D eigenvalue weighted by Crippen LogP contribution is -2.36. The minimum atomic E-state index is -0.498. The number of aromatic nitrogens is 2. The average Bonchev–Trinajstić information content (AvgIpc) is 2.35.